The number of ether oxygens (including phenoxy) is 1. The van der Waals surface area contributed by atoms with Crippen molar-refractivity contribution in [2.75, 3.05) is 18.0 Å². The molecule has 0 aliphatic carbocycles. The summed E-state index contributed by atoms with van der Waals surface area (Å²) < 4.78 is 5.49. The number of piperidine rings is 1. The van der Waals surface area contributed by atoms with E-state index in [4.69, 9.17) is 4.74 Å². The van der Waals surface area contributed by atoms with E-state index in [-0.39, 0.29) is 11.9 Å². The van der Waals surface area contributed by atoms with Crippen LogP contribution in [0.15, 0.2) is 18.2 Å². The van der Waals surface area contributed by atoms with Gasteiger partial charge in [0.15, 0.2) is 6.29 Å². The fraction of sp³-hybridized carbons (Fsp3) is 0.474. The van der Waals surface area contributed by atoms with Crippen molar-refractivity contribution >= 4 is 48.1 Å². The number of halogens is 1. The molecule has 1 fully saturated rings. The Kier molecular flexibility index (Phi) is 7.20. The first-order valence-electron chi connectivity index (χ1n) is 8.19. The first kappa shape index (κ1) is 20.1. The molecular formula is C19H22INO3S. The highest BCUT2D eigenvalue weighted by Gasteiger charge is 2.29. The van der Waals surface area contributed by atoms with Crippen molar-refractivity contribution < 1.29 is 14.3 Å². The topological polar surface area (TPSA) is 46.6 Å². The number of carbonyl (C=O) groups excluding carboxylic acids is 2. The number of anilines is 1. The van der Waals surface area contributed by atoms with Gasteiger partial charge in [0.1, 0.15) is 5.60 Å². The van der Waals surface area contributed by atoms with E-state index < -0.39 is 5.60 Å². The molecule has 1 heterocycles. The lowest BCUT2D eigenvalue weighted by Gasteiger charge is -2.34. The van der Waals surface area contributed by atoms with Gasteiger partial charge >= 0.3 is 5.97 Å². The van der Waals surface area contributed by atoms with Crippen LogP contribution < -0.4 is 4.90 Å². The molecule has 0 spiro atoms. The zero-order valence-corrected chi connectivity index (χ0v) is 17.6. The van der Waals surface area contributed by atoms with Crippen LogP contribution >= 0.6 is 30.1 Å². The predicted molar refractivity (Wildman–Crippen MR) is 111 cm³/mol. The SMILES string of the molecule is CC(C)(C)OC(=O)C1CCN(c2cc(C#CSI)ccc2C=O)CC1. The fourth-order valence-electron chi connectivity index (χ4n) is 2.81. The maximum absolute atomic E-state index is 12.2. The van der Waals surface area contributed by atoms with Crippen molar-refractivity contribution in [1.82, 2.24) is 0 Å². The van der Waals surface area contributed by atoms with Gasteiger partial charge in [-0.05, 0) is 66.0 Å². The molecule has 0 bridgehead atoms. The number of carbonyl (C=O) groups is 2. The standard InChI is InChI=1S/C19H22INO3S/c1-19(2,3)24-18(23)15-6-9-21(10-7-15)17-12-14(8-11-25-20)4-5-16(17)13-22/h4-5,12-13,15H,6-7,9-10H2,1-3H3. The second-order valence-electron chi connectivity index (χ2n) is 6.99. The Morgan fingerprint density at radius 1 is 1.36 bits per heavy atom. The van der Waals surface area contributed by atoms with Crippen molar-refractivity contribution in [2.24, 2.45) is 5.92 Å². The van der Waals surface area contributed by atoms with Gasteiger partial charge in [0.25, 0.3) is 0 Å². The molecule has 25 heavy (non-hydrogen) atoms. The number of esters is 1. The molecule has 6 heteroatoms. The number of aldehydes is 1. The first-order chi connectivity index (χ1) is 11.8. The zero-order chi connectivity index (χ0) is 18.4. The van der Waals surface area contributed by atoms with E-state index in [2.05, 4.69) is 37.3 Å². The van der Waals surface area contributed by atoms with Crippen LogP contribution in [-0.2, 0) is 9.53 Å². The van der Waals surface area contributed by atoms with Crippen molar-refractivity contribution in [1.29, 1.82) is 0 Å². The maximum Gasteiger partial charge on any atom is 0.309 e. The van der Waals surface area contributed by atoms with Crippen LogP contribution in [0.25, 0.3) is 0 Å². The van der Waals surface area contributed by atoms with Crippen LogP contribution in [0.3, 0.4) is 0 Å². The van der Waals surface area contributed by atoms with Crippen LogP contribution in [0.2, 0.25) is 0 Å². The third-order valence-electron chi connectivity index (χ3n) is 3.97. The molecule has 1 aromatic rings. The van der Waals surface area contributed by atoms with Gasteiger partial charge in [-0.3, -0.25) is 9.59 Å². The van der Waals surface area contributed by atoms with E-state index >= 15 is 0 Å². The van der Waals surface area contributed by atoms with Crippen molar-refractivity contribution in [2.45, 2.75) is 39.2 Å². The Hall–Kier alpha value is -1.20. The van der Waals surface area contributed by atoms with E-state index in [1.807, 2.05) is 39.0 Å². The minimum Gasteiger partial charge on any atom is -0.460 e. The van der Waals surface area contributed by atoms with Crippen LogP contribution in [0.5, 0.6) is 0 Å². The third kappa shape index (κ3) is 5.93. The molecule has 0 N–H and O–H groups in total. The summed E-state index contributed by atoms with van der Waals surface area (Å²) in [7, 11) is 1.43. The van der Waals surface area contributed by atoms with Crippen LogP contribution in [0.4, 0.5) is 5.69 Å². The summed E-state index contributed by atoms with van der Waals surface area (Å²) in [5, 5.41) is 2.96. The van der Waals surface area contributed by atoms with Crippen molar-refractivity contribution in [3.63, 3.8) is 0 Å². The smallest absolute Gasteiger partial charge is 0.309 e. The summed E-state index contributed by atoms with van der Waals surface area (Å²) in [6.45, 7) is 7.11. The number of nitrogens with zero attached hydrogens (tertiary/aromatic N) is 1. The quantitative estimate of drug-likeness (QED) is 0.282. The van der Waals surface area contributed by atoms with Gasteiger partial charge in [-0.15, -0.1) is 0 Å². The zero-order valence-electron chi connectivity index (χ0n) is 14.7. The molecule has 0 atom stereocenters. The lowest BCUT2D eigenvalue weighted by molar-refractivity contribution is -0.160. The molecule has 0 aromatic heterocycles. The highest BCUT2D eigenvalue weighted by molar-refractivity contribution is 14.2. The molecule has 0 saturated carbocycles. The highest BCUT2D eigenvalue weighted by Crippen LogP contribution is 2.28. The molecular weight excluding hydrogens is 449 g/mol. The molecule has 1 aromatic carbocycles. The maximum atomic E-state index is 12.2. The van der Waals surface area contributed by atoms with E-state index in [1.54, 1.807) is 0 Å². The molecule has 0 radical (unpaired) electrons. The number of benzene rings is 1. The Morgan fingerprint density at radius 2 is 2.04 bits per heavy atom. The summed E-state index contributed by atoms with van der Waals surface area (Å²) in [5.41, 5.74) is 1.98. The van der Waals surface area contributed by atoms with Crippen LogP contribution in [0.1, 0.15) is 49.5 Å². The minimum atomic E-state index is -0.456. The largest absolute Gasteiger partial charge is 0.460 e. The summed E-state index contributed by atoms with van der Waals surface area (Å²) in [4.78, 5) is 25.8. The van der Waals surface area contributed by atoms with E-state index in [1.165, 1.54) is 8.93 Å². The molecule has 0 amide bonds. The Balaban J connectivity index is 2.09. The lowest BCUT2D eigenvalue weighted by atomic mass is 9.95. The molecule has 2 rings (SSSR count). The average molecular weight is 471 g/mol. The Labute approximate surface area is 165 Å². The molecule has 1 saturated heterocycles. The minimum absolute atomic E-state index is 0.0754. The first-order valence-corrected chi connectivity index (χ1v) is 11.6. The third-order valence-corrected chi connectivity index (χ3v) is 4.81. The predicted octanol–water partition coefficient (Wildman–Crippen LogP) is 4.45. The summed E-state index contributed by atoms with van der Waals surface area (Å²) >= 11 is 2.13. The van der Waals surface area contributed by atoms with E-state index in [0.29, 0.717) is 5.56 Å². The monoisotopic (exact) mass is 471 g/mol. The van der Waals surface area contributed by atoms with Crippen molar-refractivity contribution in [3.8, 4) is 11.2 Å². The van der Waals surface area contributed by atoms with E-state index in [0.717, 1.165) is 43.5 Å². The molecule has 134 valence electrons. The summed E-state index contributed by atoms with van der Waals surface area (Å²) in [5.74, 6) is 2.87. The van der Waals surface area contributed by atoms with Gasteiger partial charge in [-0.25, -0.2) is 0 Å². The Bertz CT molecular complexity index is 695. The fourth-order valence-corrected chi connectivity index (χ4v) is 3.30. The molecule has 0 unspecified atom stereocenters. The number of rotatable bonds is 3. The highest BCUT2D eigenvalue weighted by atomic mass is 127. The molecule has 1 aliphatic rings. The normalized spacial score (nSPS) is 15.3. The summed E-state index contributed by atoms with van der Waals surface area (Å²) in [6.07, 6.45) is 2.33. The molecule has 1 aliphatic heterocycles. The van der Waals surface area contributed by atoms with Crippen LogP contribution in [-0.4, -0.2) is 30.9 Å². The molecule has 4 nitrogen and oxygen atoms in total. The van der Waals surface area contributed by atoms with Gasteiger partial charge in [0, 0.05) is 51.1 Å². The average Bonchev–Trinajstić information content (AvgIpc) is 2.58. The van der Waals surface area contributed by atoms with Gasteiger partial charge in [-0.2, -0.15) is 0 Å². The van der Waals surface area contributed by atoms with Crippen LogP contribution in [0, 0.1) is 17.1 Å². The van der Waals surface area contributed by atoms with Crippen molar-refractivity contribution in [3.05, 3.63) is 29.3 Å². The van der Waals surface area contributed by atoms with Gasteiger partial charge in [-0.1, -0.05) is 5.92 Å². The second kappa shape index (κ2) is 8.95. The van der Waals surface area contributed by atoms with Gasteiger partial charge in [0.2, 0.25) is 0 Å². The Morgan fingerprint density at radius 3 is 2.60 bits per heavy atom. The second-order valence-corrected chi connectivity index (χ2v) is 8.67. The lowest BCUT2D eigenvalue weighted by Crippen LogP contribution is -2.39. The number of hydrogen-bond donors (Lipinski definition) is 0. The van der Waals surface area contributed by atoms with Gasteiger partial charge < -0.3 is 9.64 Å². The number of hydrogen-bond acceptors (Lipinski definition) is 5. The van der Waals surface area contributed by atoms with Gasteiger partial charge in [0.05, 0.1) is 5.92 Å². The van der Waals surface area contributed by atoms with E-state index in [9.17, 15) is 9.59 Å². The summed E-state index contributed by atoms with van der Waals surface area (Å²) in [6, 6.07) is 5.63.